The zero-order valence-corrected chi connectivity index (χ0v) is 13.4. The molecule has 0 aromatic heterocycles. The molecule has 0 aromatic carbocycles. The van der Waals surface area contributed by atoms with Crippen LogP contribution in [-0.4, -0.2) is 23.5 Å². The van der Waals surface area contributed by atoms with Gasteiger partial charge in [-0.05, 0) is 31.6 Å². The molecule has 0 aromatic rings. The summed E-state index contributed by atoms with van der Waals surface area (Å²) in [6, 6.07) is 3.76. The van der Waals surface area contributed by atoms with Crippen LogP contribution in [0.5, 0.6) is 0 Å². The van der Waals surface area contributed by atoms with E-state index in [1.165, 1.54) is 38.5 Å². The lowest BCUT2D eigenvalue weighted by Crippen LogP contribution is -2.47. The molecule has 0 spiro atoms. The maximum absolute atomic E-state index is 9.52. The van der Waals surface area contributed by atoms with Gasteiger partial charge in [0.2, 0.25) is 0 Å². The minimum atomic E-state index is 0.252. The van der Waals surface area contributed by atoms with E-state index in [0.29, 0.717) is 18.0 Å². The van der Waals surface area contributed by atoms with Gasteiger partial charge in [0.25, 0.3) is 0 Å². The van der Waals surface area contributed by atoms with Crippen molar-refractivity contribution in [2.45, 2.75) is 84.7 Å². The van der Waals surface area contributed by atoms with Gasteiger partial charge >= 0.3 is 0 Å². The summed E-state index contributed by atoms with van der Waals surface area (Å²) in [6.45, 7) is 10.3. The van der Waals surface area contributed by atoms with Crippen LogP contribution in [0.3, 0.4) is 0 Å². The maximum Gasteiger partial charge on any atom is 0.0672 e. The highest BCUT2D eigenvalue weighted by atomic mass is 15.2. The third-order valence-electron chi connectivity index (χ3n) is 4.56. The fourth-order valence-corrected chi connectivity index (χ4v) is 3.57. The van der Waals surface area contributed by atoms with Crippen LogP contribution < -0.4 is 0 Å². The summed E-state index contributed by atoms with van der Waals surface area (Å²) in [6.07, 6.45) is 8.60. The first-order chi connectivity index (χ1) is 9.13. The zero-order chi connectivity index (χ0) is 14.3. The van der Waals surface area contributed by atoms with E-state index in [1.807, 2.05) is 0 Å². The van der Waals surface area contributed by atoms with Crippen molar-refractivity contribution in [2.24, 2.45) is 11.8 Å². The predicted octanol–water partition coefficient (Wildman–Crippen LogP) is 4.61. The van der Waals surface area contributed by atoms with Gasteiger partial charge in [-0.3, -0.25) is 4.90 Å². The van der Waals surface area contributed by atoms with Crippen LogP contribution in [0.25, 0.3) is 0 Å². The molecule has 0 aliphatic heterocycles. The average Bonchev–Trinajstić information content (AvgIpc) is 2.63. The second-order valence-corrected chi connectivity index (χ2v) is 6.50. The smallest absolute Gasteiger partial charge is 0.0672 e. The minimum absolute atomic E-state index is 0.252. The van der Waals surface area contributed by atoms with E-state index in [4.69, 9.17) is 0 Å². The van der Waals surface area contributed by atoms with Crippen molar-refractivity contribution in [2.75, 3.05) is 6.54 Å². The van der Waals surface area contributed by atoms with Crippen molar-refractivity contribution in [3.63, 3.8) is 0 Å². The molecule has 2 atom stereocenters. The molecular weight excluding hydrogens is 232 g/mol. The molecule has 0 N–H and O–H groups in total. The average molecular weight is 264 g/mol. The van der Waals surface area contributed by atoms with E-state index in [0.717, 1.165) is 13.0 Å². The van der Waals surface area contributed by atoms with Gasteiger partial charge in [0, 0.05) is 18.6 Å². The molecule has 110 valence electrons. The molecule has 0 saturated heterocycles. The molecule has 1 rings (SSSR count). The number of nitriles is 1. The van der Waals surface area contributed by atoms with Gasteiger partial charge in [-0.1, -0.05) is 47.0 Å². The molecule has 2 unspecified atom stereocenters. The summed E-state index contributed by atoms with van der Waals surface area (Å²) in [5, 5.41) is 9.52. The highest BCUT2D eigenvalue weighted by Crippen LogP contribution is 2.30. The summed E-state index contributed by atoms with van der Waals surface area (Å²) in [7, 11) is 0. The molecule has 1 saturated carbocycles. The van der Waals surface area contributed by atoms with Gasteiger partial charge in [-0.15, -0.1) is 0 Å². The van der Waals surface area contributed by atoms with Crippen molar-refractivity contribution in [3.8, 4) is 6.07 Å². The summed E-state index contributed by atoms with van der Waals surface area (Å²) in [5.41, 5.74) is 0. The SMILES string of the molecule is CCC(CC)N(CC(C)C)C1CCCCCC1C#N. The van der Waals surface area contributed by atoms with Gasteiger partial charge in [0.15, 0.2) is 0 Å². The van der Waals surface area contributed by atoms with Crippen molar-refractivity contribution >= 4 is 0 Å². The van der Waals surface area contributed by atoms with Gasteiger partial charge < -0.3 is 0 Å². The lowest BCUT2D eigenvalue weighted by molar-refractivity contribution is 0.0813. The molecule has 19 heavy (non-hydrogen) atoms. The monoisotopic (exact) mass is 264 g/mol. The topological polar surface area (TPSA) is 27.0 Å². The Bertz CT molecular complexity index is 275. The molecule has 0 bridgehead atoms. The van der Waals surface area contributed by atoms with Crippen LogP contribution in [0.2, 0.25) is 0 Å². The molecule has 0 heterocycles. The van der Waals surface area contributed by atoms with Crippen LogP contribution in [0, 0.1) is 23.2 Å². The minimum Gasteiger partial charge on any atom is -0.296 e. The number of hydrogen-bond donors (Lipinski definition) is 0. The summed E-state index contributed by atoms with van der Waals surface area (Å²) in [5.74, 6) is 0.935. The molecular formula is C17H32N2. The molecule has 1 fully saturated rings. The number of nitrogens with zero attached hydrogens (tertiary/aromatic N) is 2. The summed E-state index contributed by atoms with van der Waals surface area (Å²) >= 11 is 0. The van der Waals surface area contributed by atoms with Crippen molar-refractivity contribution in [1.82, 2.24) is 4.90 Å². The summed E-state index contributed by atoms with van der Waals surface area (Å²) < 4.78 is 0. The number of hydrogen-bond acceptors (Lipinski definition) is 2. The van der Waals surface area contributed by atoms with Crippen molar-refractivity contribution in [3.05, 3.63) is 0 Å². The Kier molecular flexibility index (Phi) is 7.46. The molecule has 2 nitrogen and oxygen atoms in total. The molecule has 2 heteroatoms. The highest BCUT2D eigenvalue weighted by Gasteiger charge is 2.32. The van der Waals surface area contributed by atoms with E-state index in [1.54, 1.807) is 0 Å². The standard InChI is InChI=1S/C17H32N2/c1-5-16(6-2)19(13-14(3)4)17-11-9-7-8-10-15(17)12-18/h14-17H,5-11,13H2,1-4H3. The second kappa shape index (κ2) is 8.59. The van der Waals surface area contributed by atoms with Crippen molar-refractivity contribution < 1.29 is 0 Å². The molecule has 0 amide bonds. The van der Waals surface area contributed by atoms with Crippen LogP contribution >= 0.6 is 0 Å². The van der Waals surface area contributed by atoms with E-state index < -0.39 is 0 Å². The Morgan fingerprint density at radius 3 is 2.26 bits per heavy atom. The first-order valence-corrected chi connectivity index (χ1v) is 8.29. The van der Waals surface area contributed by atoms with Crippen LogP contribution in [0.1, 0.15) is 72.6 Å². The largest absolute Gasteiger partial charge is 0.296 e. The molecule has 1 aliphatic carbocycles. The quantitative estimate of drug-likeness (QED) is 0.655. The lowest BCUT2D eigenvalue weighted by Gasteiger charge is -2.40. The number of rotatable bonds is 6. The van der Waals surface area contributed by atoms with Gasteiger partial charge in [-0.2, -0.15) is 5.26 Å². The Hall–Kier alpha value is -0.550. The third-order valence-corrected chi connectivity index (χ3v) is 4.56. The molecule has 0 radical (unpaired) electrons. The second-order valence-electron chi connectivity index (χ2n) is 6.50. The normalized spacial score (nSPS) is 24.7. The predicted molar refractivity (Wildman–Crippen MR) is 81.9 cm³/mol. The fourth-order valence-electron chi connectivity index (χ4n) is 3.57. The van der Waals surface area contributed by atoms with Gasteiger partial charge in [0.1, 0.15) is 0 Å². The van der Waals surface area contributed by atoms with E-state index in [-0.39, 0.29) is 5.92 Å². The van der Waals surface area contributed by atoms with E-state index in [9.17, 15) is 5.26 Å². The first-order valence-electron chi connectivity index (χ1n) is 8.29. The third kappa shape index (κ3) is 4.80. The summed E-state index contributed by atoms with van der Waals surface area (Å²) in [4.78, 5) is 2.68. The van der Waals surface area contributed by atoms with E-state index >= 15 is 0 Å². The zero-order valence-electron chi connectivity index (χ0n) is 13.4. The molecule has 1 aliphatic rings. The Balaban J connectivity index is 2.88. The fraction of sp³-hybridized carbons (Fsp3) is 0.941. The Labute approximate surface area is 120 Å². The van der Waals surface area contributed by atoms with Gasteiger partial charge in [0.05, 0.1) is 12.0 Å². The van der Waals surface area contributed by atoms with Gasteiger partial charge in [-0.25, -0.2) is 0 Å². The van der Waals surface area contributed by atoms with Crippen LogP contribution in [-0.2, 0) is 0 Å². The van der Waals surface area contributed by atoms with E-state index in [2.05, 4.69) is 38.7 Å². The van der Waals surface area contributed by atoms with Crippen molar-refractivity contribution in [1.29, 1.82) is 5.26 Å². The first kappa shape index (κ1) is 16.5. The highest BCUT2D eigenvalue weighted by molar-refractivity contribution is 4.96. The Morgan fingerprint density at radius 1 is 1.11 bits per heavy atom. The van der Waals surface area contributed by atoms with Crippen LogP contribution in [0.15, 0.2) is 0 Å². The Morgan fingerprint density at radius 2 is 1.74 bits per heavy atom. The lowest BCUT2D eigenvalue weighted by atomic mass is 9.91. The maximum atomic E-state index is 9.52. The van der Waals surface area contributed by atoms with Crippen LogP contribution in [0.4, 0.5) is 0 Å².